The molecule has 3 heterocycles. The SMILES string of the molecule is CCCS(=O)(=O)N1CCN(CCNC(=O)C2CN(C(C)=O)Cc3cccnc32)CC1. The minimum absolute atomic E-state index is 0.0572. The number of sulfonamides is 1. The van der Waals surface area contributed by atoms with Gasteiger partial charge in [-0.2, -0.15) is 4.31 Å². The summed E-state index contributed by atoms with van der Waals surface area (Å²) in [6.07, 6.45) is 2.30. The molecule has 1 N–H and O–H groups in total. The third-order valence-electron chi connectivity index (χ3n) is 5.70. The molecule has 0 bridgehead atoms. The Hall–Kier alpha value is -2.04. The molecule has 0 radical (unpaired) electrons. The first-order chi connectivity index (χ1) is 14.3. The van der Waals surface area contributed by atoms with Gasteiger partial charge in [-0.15, -0.1) is 0 Å². The lowest BCUT2D eigenvalue weighted by Crippen LogP contribution is -2.51. The van der Waals surface area contributed by atoms with Crippen molar-refractivity contribution in [1.29, 1.82) is 0 Å². The smallest absolute Gasteiger partial charge is 0.231 e. The summed E-state index contributed by atoms with van der Waals surface area (Å²) in [4.78, 5) is 32.9. The molecule has 0 aromatic carbocycles. The van der Waals surface area contributed by atoms with E-state index in [0.717, 1.165) is 11.3 Å². The molecule has 10 heteroatoms. The van der Waals surface area contributed by atoms with Crippen LogP contribution in [0, 0.1) is 0 Å². The van der Waals surface area contributed by atoms with Crippen LogP contribution in [0.15, 0.2) is 18.3 Å². The van der Waals surface area contributed by atoms with Crippen LogP contribution < -0.4 is 5.32 Å². The highest BCUT2D eigenvalue weighted by Crippen LogP contribution is 2.26. The summed E-state index contributed by atoms with van der Waals surface area (Å²) in [7, 11) is -3.15. The molecular weight excluding hydrogens is 406 g/mol. The number of pyridine rings is 1. The fourth-order valence-corrected chi connectivity index (χ4v) is 5.49. The maximum Gasteiger partial charge on any atom is 0.231 e. The van der Waals surface area contributed by atoms with Crippen LogP contribution in [0.3, 0.4) is 0 Å². The van der Waals surface area contributed by atoms with E-state index in [1.54, 1.807) is 15.4 Å². The van der Waals surface area contributed by atoms with Crippen molar-refractivity contribution in [3.05, 3.63) is 29.6 Å². The molecule has 1 aromatic heterocycles. The largest absolute Gasteiger partial charge is 0.354 e. The summed E-state index contributed by atoms with van der Waals surface area (Å²) in [6, 6.07) is 3.72. The number of hydrogen-bond donors (Lipinski definition) is 1. The molecule has 1 atom stereocenters. The molecule has 3 rings (SSSR count). The van der Waals surface area contributed by atoms with E-state index in [0.29, 0.717) is 58.8 Å². The number of carbonyl (C=O) groups is 2. The maximum absolute atomic E-state index is 12.8. The lowest BCUT2D eigenvalue weighted by Gasteiger charge is -2.34. The van der Waals surface area contributed by atoms with Crippen LogP contribution in [-0.4, -0.2) is 90.9 Å². The fraction of sp³-hybridized carbons (Fsp3) is 0.650. The molecule has 1 saturated heterocycles. The number of aromatic nitrogens is 1. The van der Waals surface area contributed by atoms with Gasteiger partial charge in [-0.3, -0.25) is 19.5 Å². The van der Waals surface area contributed by atoms with Crippen LogP contribution in [0.4, 0.5) is 0 Å². The monoisotopic (exact) mass is 437 g/mol. The van der Waals surface area contributed by atoms with Crippen molar-refractivity contribution in [2.75, 3.05) is 51.6 Å². The van der Waals surface area contributed by atoms with Gasteiger partial charge in [-0.05, 0) is 18.1 Å². The Morgan fingerprint density at radius 3 is 2.63 bits per heavy atom. The van der Waals surface area contributed by atoms with Crippen LogP contribution in [-0.2, 0) is 26.2 Å². The third-order valence-corrected chi connectivity index (χ3v) is 7.77. The molecule has 2 aliphatic rings. The van der Waals surface area contributed by atoms with E-state index in [9.17, 15) is 18.0 Å². The zero-order valence-electron chi connectivity index (χ0n) is 17.7. The van der Waals surface area contributed by atoms with Gasteiger partial charge in [0.05, 0.1) is 17.4 Å². The van der Waals surface area contributed by atoms with Gasteiger partial charge in [0.25, 0.3) is 0 Å². The molecular formula is C20H31N5O4S. The first kappa shape index (κ1) is 22.6. The number of nitrogens with one attached hydrogen (secondary N) is 1. The molecule has 30 heavy (non-hydrogen) atoms. The zero-order valence-corrected chi connectivity index (χ0v) is 18.5. The second-order valence-electron chi connectivity index (χ2n) is 7.85. The minimum atomic E-state index is -3.15. The van der Waals surface area contributed by atoms with E-state index in [1.807, 2.05) is 19.1 Å². The van der Waals surface area contributed by atoms with Gasteiger partial charge in [0, 0.05) is 65.5 Å². The Bertz CT molecular complexity index is 868. The number of piperazine rings is 1. The summed E-state index contributed by atoms with van der Waals surface area (Å²) in [5, 5.41) is 2.97. The van der Waals surface area contributed by atoms with Crippen molar-refractivity contribution in [2.24, 2.45) is 0 Å². The molecule has 0 spiro atoms. The summed E-state index contributed by atoms with van der Waals surface area (Å²) >= 11 is 0. The standard InChI is InChI=1S/C20H31N5O4S/c1-3-13-30(28,29)25-11-9-23(10-12-25)8-7-22-20(27)18-15-24(16(2)26)14-17-5-4-6-21-19(17)18/h4-6,18H,3,7-15H2,1-2H3,(H,22,27). The topological polar surface area (TPSA) is 103 Å². The summed E-state index contributed by atoms with van der Waals surface area (Å²) in [5.74, 6) is -0.477. The lowest BCUT2D eigenvalue weighted by molar-refractivity contribution is -0.131. The van der Waals surface area contributed by atoms with Gasteiger partial charge in [-0.1, -0.05) is 13.0 Å². The van der Waals surface area contributed by atoms with E-state index < -0.39 is 15.9 Å². The second-order valence-corrected chi connectivity index (χ2v) is 9.94. The number of fused-ring (bicyclic) bond motifs is 1. The first-order valence-corrected chi connectivity index (χ1v) is 12.1. The van der Waals surface area contributed by atoms with Crippen LogP contribution in [0.1, 0.15) is 37.4 Å². The minimum Gasteiger partial charge on any atom is -0.354 e. The Kier molecular flexibility index (Phi) is 7.43. The molecule has 2 amide bonds. The Morgan fingerprint density at radius 1 is 1.23 bits per heavy atom. The van der Waals surface area contributed by atoms with Gasteiger partial charge >= 0.3 is 0 Å². The van der Waals surface area contributed by atoms with Crippen molar-refractivity contribution >= 4 is 21.8 Å². The zero-order chi connectivity index (χ0) is 21.7. The van der Waals surface area contributed by atoms with Crippen LogP contribution in [0.25, 0.3) is 0 Å². The quantitative estimate of drug-likeness (QED) is 0.644. The van der Waals surface area contributed by atoms with Crippen LogP contribution in [0.2, 0.25) is 0 Å². The first-order valence-electron chi connectivity index (χ1n) is 10.5. The fourth-order valence-electron chi connectivity index (χ4n) is 4.00. The molecule has 1 aromatic rings. The van der Waals surface area contributed by atoms with Crippen molar-refractivity contribution in [2.45, 2.75) is 32.7 Å². The summed E-state index contributed by atoms with van der Waals surface area (Å²) in [5.41, 5.74) is 1.64. The van der Waals surface area contributed by atoms with E-state index in [4.69, 9.17) is 0 Å². The number of carbonyl (C=O) groups excluding carboxylic acids is 2. The number of nitrogens with zero attached hydrogens (tertiary/aromatic N) is 4. The van der Waals surface area contributed by atoms with Crippen molar-refractivity contribution in [1.82, 2.24) is 24.4 Å². The molecule has 0 saturated carbocycles. The summed E-state index contributed by atoms with van der Waals surface area (Å²) in [6.45, 7) is 7.61. The van der Waals surface area contributed by atoms with E-state index >= 15 is 0 Å². The van der Waals surface area contributed by atoms with Crippen molar-refractivity contribution < 1.29 is 18.0 Å². The number of rotatable bonds is 7. The molecule has 166 valence electrons. The van der Waals surface area contributed by atoms with Crippen molar-refractivity contribution in [3.8, 4) is 0 Å². The highest BCUT2D eigenvalue weighted by Gasteiger charge is 2.33. The van der Waals surface area contributed by atoms with Gasteiger partial charge in [0.2, 0.25) is 21.8 Å². The van der Waals surface area contributed by atoms with E-state index in [2.05, 4.69) is 15.2 Å². The van der Waals surface area contributed by atoms with Gasteiger partial charge in [-0.25, -0.2) is 8.42 Å². The van der Waals surface area contributed by atoms with Crippen LogP contribution in [0.5, 0.6) is 0 Å². The Morgan fingerprint density at radius 2 is 1.97 bits per heavy atom. The van der Waals surface area contributed by atoms with Gasteiger partial charge in [0.1, 0.15) is 0 Å². The lowest BCUT2D eigenvalue weighted by atomic mass is 9.94. The predicted molar refractivity (Wildman–Crippen MR) is 113 cm³/mol. The highest BCUT2D eigenvalue weighted by atomic mass is 32.2. The average Bonchev–Trinajstić information content (AvgIpc) is 2.73. The average molecular weight is 438 g/mol. The second kappa shape index (κ2) is 9.84. The van der Waals surface area contributed by atoms with E-state index in [1.165, 1.54) is 6.92 Å². The summed E-state index contributed by atoms with van der Waals surface area (Å²) < 4.78 is 25.9. The number of hydrogen-bond acceptors (Lipinski definition) is 6. The highest BCUT2D eigenvalue weighted by molar-refractivity contribution is 7.89. The Balaban J connectivity index is 1.50. The molecule has 2 aliphatic heterocycles. The maximum atomic E-state index is 12.8. The predicted octanol–water partition coefficient (Wildman–Crippen LogP) is 0.000900. The normalized spacial score (nSPS) is 20.6. The Labute approximate surface area is 178 Å². The molecule has 0 aliphatic carbocycles. The molecule has 1 unspecified atom stereocenters. The van der Waals surface area contributed by atoms with Gasteiger partial charge < -0.3 is 10.2 Å². The number of amides is 2. The van der Waals surface area contributed by atoms with Crippen molar-refractivity contribution in [3.63, 3.8) is 0 Å². The van der Waals surface area contributed by atoms with Crippen LogP contribution >= 0.6 is 0 Å². The van der Waals surface area contributed by atoms with Gasteiger partial charge in [0.15, 0.2) is 0 Å². The van der Waals surface area contributed by atoms with E-state index in [-0.39, 0.29) is 17.6 Å². The molecule has 1 fully saturated rings. The third kappa shape index (κ3) is 5.35. The molecule has 9 nitrogen and oxygen atoms in total.